The Kier molecular flexibility index (Phi) is 6.10. The van der Waals surface area contributed by atoms with Crippen LogP contribution < -0.4 is 16.4 Å². The molecular formula is C25H30ClN5O3. The first-order valence-electron chi connectivity index (χ1n) is 11.8. The molecule has 3 aromatic rings. The first-order valence-corrected chi connectivity index (χ1v) is 12.2. The Hall–Kier alpha value is -2.52. The lowest BCUT2D eigenvalue weighted by Gasteiger charge is -2.34. The second-order valence-electron chi connectivity index (χ2n) is 9.95. The van der Waals surface area contributed by atoms with Gasteiger partial charge < -0.3 is 15.3 Å². The van der Waals surface area contributed by atoms with E-state index >= 15 is 0 Å². The summed E-state index contributed by atoms with van der Waals surface area (Å²) in [5.41, 5.74) is 1.04. The van der Waals surface area contributed by atoms with Crippen LogP contribution in [0.1, 0.15) is 44.0 Å². The summed E-state index contributed by atoms with van der Waals surface area (Å²) in [6.07, 6.45) is 3.77. The van der Waals surface area contributed by atoms with Crippen LogP contribution in [0.3, 0.4) is 0 Å². The normalized spacial score (nSPS) is 19.2. The fourth-order valence-electron chi connectivity index (χ4n) is 5.20. The van der Waals surface area contributed by atoms with Gasteiger partial charge in [-0.15, -0.1) is 0 Å². The molecule has 1 saturated heterocycles. The number of aromatic nitrogens is 3. The predicted molar refractivity (Wildman–Crippen MR) is 132 cm³/mol. The largest absolute Gasteiger partial charge is 0.384 e. The van der Waals surface area contributed by atoms with Gasteiger partial charge in [-0.1, -0.05) is 11.6 Å². The van der Waals surface area contributed by atoms with E-state index in [1.165, 1.54) is 0 Å². The Bertz CT molecular complexity index is 1330. The number of pyridine rings is 3. The molecule has 9 heteroatoms. The second kappa shape index (κ2) is 8.92. The molecule has 0 unspecified atom stereocenters. The van der Waals surface area contributed by atoms with Crippen molar-refractivity contribution in [2.24, 2.45) is 0 Å². The average molecular weight is 484 g/mol. The fourth-order valence-corrected chi connectivity index (χ4v) is 5.62. The maximum absolute atomic E-state index is 12.6. The third kappa shape index (κ3) is 4.43. The molecule has 0 bridgehead atoms. The van der Waals surface area contributed by atoms with Gasteiger partial charge in [0.2, 0.25) is 0 Å². The van der Waals surface area contributed by atoms with Crippen molar-refractivity contribution in [2.45, 2.75) is 57.5 Å². The van der Waals surface area contributed by atoms with Crippen LogP contribution in [0.2, 0.25) is 5.02 Å². The zero-order chi connectivity index (χ0) is 24.0. The summed E-state index contributed by atoms with van der Waals surface area (Å²) < 4.78 is 3.53. The van der Waals surface area contributed by atoms with Gasteiger partial charge in [-0.2, -0.15) is 0 Å². The molecule has 0 spiro atoms. The second-order valence-corrected chi connectivity index (χ2v) is 10.4. The van der Waals surface area contributed by atoms with Gasteiger partial charge in [0.15, 0.2) is 0 Å². The third-order valence-electron chi connectivity index (χ3n) is 6.94. The number of aliphatic hydroxyl groups is 1. The van der Waals surface area contributed by atoms with Crippen molar-refractivity contribution in [1.29, 1.82) is 0 Å². The molecule has 5 heterocycles. The number of nitrogens with one attached hydrogen (secondary N) is 1. The molecule has 2 aliphatic heterocycles. The van der Waals surface area contributed by atoms with Crippen molar-refractivity contribution in [3.63, 3.8) is 0 Å². The molecule has 2 N–H and O–H groups in total. The third-order valence-corrected chi connectivity index (χ3v) is 7.23. The summed E-state index contributed by atoms with van der Waals surface area (Å²) in [5.74, 6) is 0. The van der Waals surface area contributed by atoms with E-state index in [-0.39, 0.29) is 17.2 Å². The van der Waals surface area contributed by atoms with Crippen molar-refractivity contribution < 1.29 is 5.11 Å². The Balaban J connectivity index is 1.18. The summed E-state index contributed by atoms with van der Waals surface area (Å²) in [4.78, 5) is 31.7. The van der Waals surface area contributed by atoms with Crippen molar-refractivity contribution in [3.05, 3.63) is 73.5 Å². The Morgan fingerprint density at radius 1 is 1.15 bits per heavy atom. The Morgan fingerprint density at radius 2 is 1.85 bits per heavy atom. The predicted octanol–water partition coefficient (Wildman–Crippen LogP) is 2.25. The molecule has 8 nitrogen and oxygen atoms in total. The number of piperidine rings is 1. The number of hydrogen-bond donors (Lipinski definition) is 2. The quantitative estimate of drug-likeness (QED) is 0.558. The highest BCUT2D eigenvalue weighted by Gasteiger charge is 2.29. The number of rotatable bonds is 6. The molecule has 0 amide bonds. The molecule has 3 aromatic heterocycles. The van der Waals surface area contributed by atoms with Gasteiger partial charge in [-0.3, -0.25) is 23.7 Å². The van der Waals surface area contributed by atoms with E-state index in [4.69, 9.17) is 11.6 Å². The highest BCUT2D eigenvalue weighted by Crippen LogP contribution is 2.27. The Labute approximate surface area is 202 Å². The number of nitrogens with zero attached hydrogens (tertiary/aromatic N) is 4. The molecule has 0 aliphatic carbocycles. The van der Waals surface area contributed by atoms with Crippen molar-refractivity contribution >= 4 is 22.6 Å². The van der Waals surface area contributed by atoms with Crippen LogP contribution in [0, 0.1) is 0 Å². The maximum atomic E-state index is 12.6. The first kappa shape index (κ1) is 23.2. The number of likely N-dealkylation sites (tertiary alicyclic amines) is 1. The van der Waals surface area contributed by atoms with Crippen molar-refractivity contribution in [3.8, 4) is 0 Å². The van der Waals surface area contributed by atoms with Crippen LogP contribution in [-0.4, -0.2) is 49.8 Å². The minimum Gasteiger partial charge on any atom is -0.384 e. The standard InChI is InChI=1S/C25H30ClN5O3/c1-25(2,34)23-20(26)11-16(13-28-23)12-27-18-7-9-29(10-8-18)14-19-15-30-21(32)5-3-17-4-6-22(33)31(19)24(17)30/h3-6,11,13,18-19,27,34H,7-10,12,14-15H2,1-2H3/t19-/m1/s1. The van der Waals surface area contributed by atoms with Crippen LogP contribution in [-0.2, 0) is 18.7 Å². The lowest BCUT2D eigenvalue weighted by molar-refractivity contribution is 0.0739. The maximum Gasteiger partial charge on any atom is 0.252 e. The molecule has 180 valence electrons. The topological polar surface area (TPSA) is 92.4 Å². The monoisotopic (exact) mass is 483 g/mol. The molecular weight excluding hydrogens is 454 g/mol. The van der Waals surface area contributed by atoms with Gasteiger partial charge in [-0.05, 0) is 63.5 Å². The van der Waals surface area contributed by atoms with Gasteiger partial charge in [-0.25, -0.2) is 0 Å². The fraction of sp³-hybridized carbons (Fsp3) is 0.480. The Morgan fingerprint density at radius 3 is 2.53 bits per heavy atom. The summed E-state index contributed by atoms with van der Waals surface area (Å²) >= 11 is 6.32. The minimum atomic E-state index is -1.07. The van der Waals surface area contributed by atoms with E-state index in [1.54, 1.807) is 53.4 Å². The smallest absolute Gasteiger partial charge is 0.252 e. The van der Waals surface area contributed by atoms with E-state index in [0.717, 1.165) is 49.1 Å². The summed E-state index contributed by atoms with van der Waals surface area (Å²) in [7, 11) is 0. The van der Waals surface area contributed by atoms with E-state index < -0.39 is 5.60 Å². The first-order chi connectivity index (χ1) is 16.2. The molecule has 5 rings (SSSR count). The van der Waals surface area contributed by atoms with Gasteiger partial charge in [0.25, 0.3) is 11.1 Å². The van der Waals surface area contributed by atoms with Crippen LogP contribution in [0.15, 0.2) is 46.1 Å². The molecule has 1 atom stereocenters. The van der Waals surface area contributed by atoms with Crippen LogP contribution >= 0.6 is 11.6 Å². The zero-order valence-electron chi connectivity index (χ0n) is 19.5. The van der Waals surface area contributed by atoms with E-state index in [0.29, 0.717) is 29.8 Å². The highest BCUT2D eigenvalue weighted by atomic mass is 35.5. The van der Waals surface area contributed by atoms with Crippen LogP contribution in [0.4, 0.5) is 0 Å². The zero-order valence-corrected chi connectivity index (χ0v) is 20.3. The lowest BCUT2D eigenvalue weighted by Crippen LogP contribution is -2.44. The molecule has 2 aliphatic rings. The van der Waals surface area contributed by atoms with Gasteiger partial charge in [0.05, 0.1) is 16.8 Å². The van der Waals surface area contributed by atoms with E-state index in [9.17, 15) is 14.7 Å². The average Bonchev–Trinajstić information content (AvgIpc) is 3.18. The summed E-state index contributed by atoms with van der Waals surface area (Å²) in [5, 5.41) is 15.1. The van der Waals surface area contributed by atoms with Crippen molar-refractivity contribution in [1.82, 2.24) is 24.3 Å². The minimum absolute atomic E-state index is 0.0293. The molecule has 1 fully saturated rings. The van der Waals surface area contributed by atoms with Gasteiger partial charge >= 0.3 is 0 Å². The number of halogens is 1. The number of hydrogen-bond acceptors (Lipinski definition) is 6. The van der Waals surface area contributed by atoms with Gasteiger partial charge in [0, 0.05) is 49.4 Å². The summed E-state index contributed by atoms with van der Waals surface area (Å²) in [6.45, 7) is 7.18. The highest BCUT2D eigenvalue weighted by molar-refractivity contribution is 6.31. The van der Waals surface area contributed by atoms with E-state index in [2.05, 4.69) is 15.2 Å². The van der Waals surface area contributed by atoms with E-state index in [1.807, 2.05) is 6.07 Å². The van der Waals surface area contributed by atoms with Crippen LogP contribution in [0.5, 0.6) is 0 Å². The lowest BCUT2D eigenvalue weighted by atomic mass is 10.0. The molecule has 34 heavy (non-hydrogen) atoms. The van der Waals surface area contributed by atoms with Crippen LogP contribution in [0.25, 0.3) is 11.0 Å². The van der Waals surface area contributed by atoms with Gasteiger partial charge in [0.1, 0.15) is 11.2 Å². The van der Waals surface area contributed by atoms with Crippen molar-refractivity contribution in [2.75, 3.05) is 19.6 Å². The molecule has 0 saturated carbocycles. The SMILES string of the molecule is CC(C)(O)c1ncc(CNC2CCN(C[C@@H]3Cn4c(=O)ccc5ccc(=O)n3c54)CC2)cc1Cl. The summed E-state index contributed by atoms with van der Waals surface area (Å²) in [6, 6.07) is 8.99. The molecule has 0 aromatic carbocycles. The molecule has 0 radical (unpaired) electrons.